The Morgan fingerprint density at radius 3 is 2.92 bits per heavy atom. The van der Waals surface area contributed by atoms with E-state index in [9.17, 15) is 10.1 Å². The van der Waals surface area contributed by atoms with Gasteiger partial charge in [0, 0.05) is 30.8 Å². The first-order valence-corrected chi connectivity index (χ1v) is 8.40. The zero-order valence-electron chi connectivity index (χ0n) is 13.9. The maximum atomic E-state index is 10.9. The summed E-state index contributed by atoms with van der Waals surface area (Å²) in [6, 6.07) is 10.4. The van der Waals surface area contributed by atoms with Gasteiger partial charge in [-0.15, -0.1) is 12.4 Å². The summed E-state index contributed by atoms with van der Waals surface area (Å²) in [5.74, 6) is 1.60. The molecule has 2 saturated heterocycles. The van der Waals surface area contributed by atoms with E-state index in [1.54, 1.807) is 12.1 Å². The van der Waals surface area contributed by atoms with Gasteiger partial charge in [-0.05, 0) is 43.5 Å². The van der Waals surface area contributed by atoms with Crippen molar-refractivity contribution in [1.82, 2.24) is 10.2 Å². The van der Waals surface area contributed by atoms with E-state index in [1.807, 2.05) is 18.2 Å². The Morgan fingerprint density at radius 1 is 1.28 bits per heavy atom. The SMILES string of the molecule is Cl.O=[N+]([O-])c1cccc(-c2ccc(CN3CCC4(CCNC4)C3)o2)c1. The van der Waals surface area contributed by atoms with Gasteiger partial charge in [0.25, 0.3) is 5.69 Å². The molecule has 1 atom stereocenters. The van der Waals surface area contributed by atoms with E-state index in [0.717, 1.165) is 44.0 Å². The highest BCUT2D eigenvalue weighted by molar-refractivity contribution is 5.85. The lowest BCUT2D eigenvalue weighted by atomic mass is 9.87. The normalized spacial score (nSPS) is 23.0. The molecule has 2 aromatic rings. The third-order valence-electron chi connectivity index (χ3n) is 5.23. The van der Waals surface area contributed by atoms with Gasteiger partial charge in [0.1, 0.15) is 11.5 Å². The van der Waals surface area contributed by atoms with Crippen LogP contribution in [0.1, 0.15) is 18.6 Å². The molecule has 4 rings (SSSR count). The van der Waals surface area contributed by atoms with E-state index < -0.39 is 0 Å². The maximum Gasteiger partial charge on any atom is 0.270 e. The van der Waals surface area contributed by atoms with E-state index in [4.69, 9.17) is 4.42 Å². The molecule has 134 valence electrons. The van der Waals surface area contributed by atoms with Crippen molar-refractivity contribution in [2.24, 2.45) is 5.41 Å². The first kappa shape index (κ1) is 17.9. The summed E-state index contributed by atoms with van der Waals surface area (Å²) in [5.41, 5.74) is 1.28. The minimum absolute atomic E-state index is 0. The number of nitrogens with zero attached hydrogens (tertiary/aromatic N) is 2. The molecule has 1 unspecified atom stereocenters. The quantitative estimate of drug-likeness (QED) is 0.665. The number of likely N-dealkylation sites (tertiary alicyclic amines) is 1. The van der Waals surface area contributed by atoms with Gasteiger partial charge in [-0.25, -0.2) is 0 Å². The van der Waals surface area contributed by atoms with Crippen LogP contribution in [-0.2, 0) is 6.54 Å². The van der Waals surface area contributed by atoms with Crippen molar-refractivity contribution >= 4 is 18.1 Å². The Balaban J connectivity index is 0.00000182. The Bertz CT molecular complexity index is 756. The number of non-ortho nitro benzene ring substituents is 1. The van der Waals surface area contributed by atoms with Crippen molar-refractivity contribution in [3.05, 3.63) is 52.3 Å². The number of nitro groups is 1. The molecular weight excluding hydrogens is 342 g/mol. The molecule has 1 spiro atoms. The lowest BCUT2D eigenvalue weighted by molar-refractivity contribution is -0.384. The number of hydrogen-bond acceptors (Lipinski definition) is 5. The molecule has 3 heterocycles. The van der Waals surface area contributed by atoms with Gasteiger partial charge in [0.2, 0.25) is 0 Å². The van der Waals surface area contributed by atoms with E-state index in [1.165, 1.54) is 18.9 Å². The molecule has 1 N–H and O–H groups in total. The molecule has 25 heavy (non-hydrogen) atoms. The monoisotopic (exact) mass is 363 g/mol. The lowest BCUT2D eigenvalue weighted by Gasteiger charge is -2.22. The fourth-order valence-electron chi connectivity index (χ4n) is 3.92. The van der Waals surface area contributed by atoms with Crippen molar-refractivity contribution in [3.8, 4) is 11.3 Å². The number of benzene rings is 1. The Hall–Kier alpha value is -1.89. The number of hydrogen-bond donors (Lipinski definition) is 1. The highest BCUT2D eigenvalue weighted by Gasteiger charge is 2.40. The molecular formula is C18H22ClN3O3. The van der Waals surface area contributed by atoms with Gasteiger partial charge in [0.05, 0.1) is 11.5 Å². The van der Waals surface area contributed by atoms with Crippen LogP contribution in [0.4, 0.5) is 5.69 Å². The van der Waals surface area contributed by atoms with E-state index in [0.29, 0.717) is 11.2 Å². The van der Waals surface area contributed by atoms with Crippen LogP contribution in [0.3, 0.4) is 0 Å². The van der Waals surface area contributed by atoms with E-state index in [2.05, 4.69) is 10.2 Å². The first-order valence-electron chi connectivity index (χ1n) is 8.40. The van der Waals surface area contributed by atoms with Crippen LogP contribution in [0, 0.1) is 15.5 Å². The van der Waals surface area contributed by atoms with Crippen molar-refractivity contribution < 1.29 is 9.34 Å². The average molecular weight is 364 g/mol. The topological polar surface area (TPSA) is 71.6 Å². The first-order chi connectivity index (χ1) is 11.6. The standard InChI is InChI=1S/C18H21N3O3.ClH/c22-21(23)15-3-1-2-14(10-15)17-5-4-16(24-17)11-20-9-7-18(13-20)6-8-19-12-18;/h1-5,10,19H,6-9,11-13H2;1H. The molecule has 0 amide bonds. The van der Waals surface area contributed by atoms with Crippen molar-refractivity contribution in [2.45, 2.75) is 19.4 Å². The second-order valence-electron chi connectivity index (χ2n) is 6.96. The number of nitrogens with one attached hydrogen (secondary N) is 1. The predicted molar refractivity (Wildman–Crippen MR) is 97.9 cm³/mol. The molecule has 2 fully saturated rings. The summed E-state index contributed by atoms with van der Waals surface area (Å²) in [4.78, 5) is 13.0. The van der Waals surface area contributed by atoms with Gasteiger partial charge in [-0.3, -0.25) is 15.0 Å². The summed E-state index contributed by atoms with van der Waals surface area (Å²) in [6.07, 6.45) is 2.51. The molecule has 6 nitrogen and oxygen atoms in total. The van der Waals surface area contributed by atoms with Gasteiger partial charge >= 0.3 is 0 Å². The number of rotatable bonds is 4. The molecule has 2 aliphatic heterocycles. The fraction of sp³-hybridized carbons (Fsp3) is 0.444. The van der Waals surface area contributed by atoms with Crippen LogP contribution in [0.2, 0.25) is 0 Å². The molecule has 2 aliphatic rings. The van der Waals surface area contributed by atoms with E-state index >= 15 is 0 Å². The van der Waals surface area contributed by atoms with Crippen LogP contribution in [0.25, 0.3) is 11.3 Å². The maximum absolute atomic E-state index is 10.9. The second-order valence-corrected chi connectivity index (χ2v) is 6.96. The van der Waals surface area contributed by atoms with Crippen LogP contribution in [-0.4, -0.2) is 36.0 Å². The van der Waals surface area contributed by atoms with Crippen LogP contribution in [0.15, 0.2) is 40.8 Å². The summed E-state index contributed by atoms with van der Waals surface area (Å²) in [7, 11) is 0. The minimum Gasteiger partial charge on any atom is -0.460 e. The largest absolute Gasteiger partial charge is 0.460 e. The van der Waals surface area contributed by atoms with Crippen molar-refractivity contribution in [3.63, 3.8) is 0 Å². The zero-order chi connectivity index (χ0) is 16.6. The highest BCUT2D eigenvalue weighted by Crippen LogP contribution is 2.37. The summed E-state index contributed by atoms with van der Waals surface area (Å²) in [5, 5.41) is 14.4. The van der Waals surface area contributed by atoms with Gasteiger partial charge < -0.3 is 9.73 Å². The Morgan fingerprint density at radius 2 is 2.16 bits per heavy atom. The van der Waals surface area contributed by atoms with E-state index in [-0.39, 0.29) is 23.0 Å². The number of nitro benzene ring substituents is 1. The summed E-state index contributed by atoms with van der Waals surface area (Å²) < 4.78 is 5.94. The third kappa shape index (κ3) is 3.71. The minimum atomic E-state index is -0.382. The molecule has 0 bridgehead atoms. The van der Waals surface area contributed by atoms with Gasteiger partial charge in [-0.1, -0.05) is 12.1 Å². The predicted octanol–water partition coefficient (Wildman–Crippen LogP) is 3.46. The molecule has 1 aromatic carbocycles. The Labute approximate surface area is 152 Å². The molecule has 1 aromatic heterocycles. The number of halogens is 1. The lowest BCUT2D eigenvalue weighted by Crippen LogP contribution is -2.28. The molecule has 0 saturated carbocycles. The van der Waals surface area contributed by atoms with Crippen LogP contribution in [0.5, 0.6) is 0 Å². The zero-order valence-corrected chi connectivity index (χ0v) is 14.8. The molecule has 0 aliphatic carbocycles. The van der Waals surface area contributed by atoms with Crippen molar-refractivity contribution in [2.75, 3.05) is 26.2 Å². The highest BCUT2D eigenvalue weighted by atomic mass is 35.5. The average Bonchev–Trinajstić information content (AvgIpc) is 3.31. The Kier molecular flexibility index (Phi) is 5.13. The molecule has 7 heteroatoms. The fourth-order valence-corrected chi connectivity index (χ4v) is 3.92. The van der Waals surface area contributed by atoms with Gasteiger partial charge in [0.15, 0.2) is 0 Å². The van der Waals surface area contributed by atoms with Crippen LogP contribution >= 0.6 is 12.4 Å². The van der Waals surface area contributed by atoms with Gasteiger partial charge in [-0.2, -0.15) is 0 Å². The number of furan rings is 1. The second kappa shape index (κ2) is 7.15. The van der Waals surface area contributed by atoms with Crippen molar-refractivity contribution in [1.29, 1.82) is 0 Å². The summed E-state index contributed by atoms with van der Waals surface area (Å²) >= 11 is 0. The van der Waals surface area contributed by atoms with Crippen LogP contribution < -0.4 is 5.32 Å². The molecule has 0 radical (unpaired) electrons. The third-order valence-corrected chi connectivity index (χ3v) is 5.23. The smallest absolute Gasteiger partial charge is 0.270 e. The summed E-state index contributed by atoms with van der Waals surface area (Å²) in [6.45, 7) is 5.28.